The van der Waals surface area contributed by atoms with E-state index in [1.54, 1.807) is 41.6 Å². The van der Waals surface area contributed by atoms with Gasteiger partial charge in [0.25, 0.3) is 0 Å². The maximum Gasteiger partial charge on any atom is 0.321 e. The summed E-state index contributed by atoms with van der Waals surface area (Å²) >= 11 is 1.55. The van der Waals surface area contributed by atoms with Crippen LogP contribution in [-0.4, -0.2) is 61.0 Å². The van der Waals surface area contributed by atoms with Crippen molar-refractivity contribution >= 4 is 33.1 Å². The van der Waals surface area contributed by atoms with E-state index >= 15 is 0 Å². The van der Waals surface area contributed by atoms with Crippen LogP contribution in [0.2, 0.25) is 0 Å². The van der Waals surface area contributed by atoms with Crippen molar-refractivity contribution < 1.29 is 17.9 Å². The molecule has 1 fully saturated rings. The molecule has 2 atom stereocenters. The molecule has 1 aliphatic heterocycles. The van der Waals surface area contributed by atoms with Crippen molar-refractivity contribution in [1.82, 2.24) is 14.2 Å². The highest BCUT2D eigenvalue weighted by atomic mass is 32.2. The largest absolute Gasteiger partial charge is 0.373 e. The van der Waals surface area contributed by atoms with Crippen molar-refractivity contribution in [3.05, 3.63) is 40.3 Å². The Labute approximate surface area is 175 Å². The van der Waals surface area contributed by atoms with Gasteiger partial charge in [-0.05, 0) is 45.0 Å². The van der Waals surface area contributed by atoms with Gasteiger partial charge in [0, 0.05) is 36.9 Å². The minimum absolute atomic E-state index is 0.148. The second kappa shape index (κ2) is 8.78. The SMILES string of the molecule is Cc1ncc(CN(C)C(=O)Nc2ccc(S(=O)(=O)N3C[C@@H](C)O[C@H](C)C3)cc2)s1. The lowest BCUT2D eigenvalue weighted by atomic mass is 10.3. The molecular formula is C19H26N4O4S2. The first-order valence-electron chi connectivity index (χ1n) is 9.34. The Hall–Kier alpha value is -2.01. The summed E-state index contributed by atoms with van der Waals surface area (Å²) in [6.45, 7) is 6.75. The lowest BCUT2D eigenvalue weighted by Gasteiger charge is -2.34. The predicted molar refractivity (Wildman–Crippen MR) is 113 cm³/mol. The quantitative estimate of drug-likeness (QED) is 0.775. The number of benzene rings is 1. The number of nitrogens with one attached hydrogen (secondary N) is 1. The van der Waals surface area contributed by atoms with Gasteiger partial charge in [0.1, 0.15) is 0 Å². The Morgan fingerprint density at radius 2 is 1.90 bits per heavy atom. The van der Waals surface area contributed by atoms with Crippen molar-refractivity contribution in [3.63, 3.8) is 0 Å². The number of ether oxygens (including phenoxy) is 1. The fraction of sp³-hybridized carbons (Fsp3) is 0.474. The topological polar surface area (TPSA) is 91.8 Å². The molecule has 0 spiro atoms. The van der Waals surface area contributed by atoms with Crippen LogP contribution in [0.5, 0.6) is 0 Å². The maximum absolute atomic E-state index is 12.9. The van der Waals surface area contributed by atoms with Gasteiger partial charge in [-0.2, -0.15) is 4.31 Å². The van der Waals surface area contributed by atoms with Crippen LogP contribution < -0.4 is 5.32 Å². The monoisotopic (exact) mass is 438 g/mol. The number of hydrogen-bond donors (Lipinski definition) is 1. The first-order chi connectivity index (χ1) is 13.6. The molecule has 3 rings (SSSR count). The Bertz CT molecular complexity index is 949. The number of carbonyl (C=O) groups excluding carboxylic acids is 1. The van der Waals surface area contributed by atoms with E-state index in [0.29, 0.717) is 25.3 Å². The van der Waals surface area contributed by atoms with Gasteiger partial charge in [-0.1, -0.05) is 0 Å². The molecule has 2 heterocycles. The molecule has 2 amide bonds. The summed E-state index contributed by atoms with van der Waals surface area (Å²) in [6.07, 6.45) is 1.46. The summed E-state index contributed by atoms with van der Waals surface area (Å²) in [7, 11) is -1.90. The zero-order valence-corrected chi connectivity index (χ0v) is 18.6. The van der Waals surface area contributed by atoms with Crippen molar-refractivity contribution in [2.24, 2.45) is 0 Å². The van der Waals surface area contributed by atoms with Gasteiger partial charge in [0.15, 0.2) is 0 Å². The van der Waals surface area contributed by atoms with E-state index in [0.717, 1.165) is 9.88 Å². The molecule has 1 aromatic carbocycles. The minimum Gasteiger partial charge on any atom is -0.373 e. The number of amides is 2. The molecular weight excluding hydrogens is 412 g/mol. The molecule has 0 bridgehead atoms. The number of aromatic nitrogens is 1. The molecule has 1 saturated heterocycles. The van der Waals surface area contributed by atoms with Gasteiger partial charge in [-0.15, -0.1) is 11.3 Å². The minimum atomic E-state index is -3.60. The smallest absolute Gasteiger partial charge is 0.321 e. The van der Waals surface area contributed by atoms with Crippen LogP contribution in [0, 0.1) is 6.92 Å². The Kier molecular flexibility index (Phi) is 6.57. The molecule has 0 aliphatic carbocycles. The average molecular weight is 439 g/mol. The number of urea groups is 1. The molecule has 1 aromatic heterocycles. The summed E-state index contributed by atoms with van der Waals surface area (Å²) in [5.74, 6) is 0. The molecule has 1 N–H and O–H groups in total. The molecule has 1 aliphatic rings. The molecule has 2 aromatic rings. The maximum atomic E-state index is 12.9. The van der Waals surface area contributed by atoms with Crippen LogP contribution in [0.1, 0.15) is 23.7 Å². The number of thiazole rings is 1. The highest BCUT2D eigenvalue weighted by molar-refractivity contribution is 7.89. The average Bonchev–Trinajstić information content (AvgIpc) is 3.06. The zero-order valence-electron chi connectivity index (χ0n) is 17.0. The molecule has 10 heteroatoms. The van der Waals surface area contributed by atoms with Crippen molar-refractivity contribution in [2.45, 2.75) is 44.4 Å². The number of nitrogens with zero attached hydrogens (tertiary/aromatic N) is 3. The standard InChI is InChI=1S/C19H26N4O4S2/c1-13-10-23(11-14(2)27-13)29(25,26)18-7-5-16(6-8-18)21-19(24)22(4)12-17-9-20-15(3)28-17/h5-9,13-14H,10-12H2,1-4H3,(H,21,24)/t13-,14-/m1/s1. The van der Waals surface area contributed by atoms with E-state index in [2.05, 4.69) is 10.3 Å². The first-order valence-corrected chi connectivity index (χ1v) is 11.6. The van der Waals surface area contributed by atoms with E-state index in [4.69, 9.17) is 4.74 Å². The number of hydrogen-bond acceptors (Lipinski definition) is 6. The third kappa shape index (κ3) is 5.33. The summed E-state index contributed by atoms with van der Waals surface area (Å²) in [5, 5.41) is 3.74. The van der Waals surface area contributed by atoms with Gasteiger partial charge in [-0.25, -0.2) is 18.2 Å². The molecule has 8 nitrogen and oxygen atoms in total. The Morgan fingerprint density at radius 3 is 2.45 bits per heavy atom. The van der Waals surface area contributed by atoms with Crippen LogP contribution in [0.15, 0.2) is 35.4 Å². The summed E-state index contributed by atoms with van der Waals surface area (Å²) in [4.78, 5) is 19.3. The second-order valence-electron chi connectivity index (χ2n) is 7.24. The lowest BCUT2D eigenvalue weighted by molar-refractivity contribution is -0.0440. The van der Waals surface area contributed by atoms with Crippen LogP contribution in [0.25, 0.3) is 0 Å². The molecule has 29 heavy (non-hydrogen) atoms. The third-order valence-electron chi connectivity index (χ3n) is 4.54. The predicted octanol–water partition coefficient (Wildman–Crippen LogP) is 2.91. The van der Waals surface area contributed by atoms with Gasteiger partial charge in [-0.3, -0.25) is 0 Å². The fourth-order valence-corrected chi connectivity index (χ4v) is 5.63. The third-order valence-corrected chi connectivity index (χ3v) is 7.28. The highest BCUT2D eigenvalue weighted by Crippen LogP contribution is 2.23. The first kappa shape index (κ1) is 21.7. The number of anilines is 1. The summed E-state index contributed by atoms with van der Waals surface area (Å²) in [5.41, 5.74) is 0.532. The summed E-state index contributed by atoms with van der Waals surface area (Å²) in [6, 6.07) is 5.96. The molecule has 158 valence electrons. The van der Waals surface area contributed by atoms with Crippen molar-refractivity contribution in [3.8, 4) is 0 Å². The van der Waals surface area contributed by atoms with E-state index < -0.39 is 10.0 Å². The van der Waals surface area contributed by atoms with E-state index in [1.807, 2.05) is 20.8 Å². The second-order valence-corrected chi connectivity index (χ2v) is 10.5. The summed E-state index contributed by atoms with van der Waals surface area (Å²) < 4.78 is 32.9. The number of carbonyl (C=O) groups is 1. The van der Waals surface area contributed by atoms with Gasteiger partial charge >= 0.3 is 6.03 Å². The van der Waals surface area contributed by atoms with Crippen LogP contribution in [-0.2, 0) is 21.3 Å². The normalized spacial score (nSPS) is 20.4. The zero-order chi connectivity index (χ0) is 21.2. The van der Waals surface area contributed by atoms with E-state index in [9.17, 15) is 13.2 Å². The van der Waals surface area contributed by atoms with Crippen molar-refractivity contribution in [1.29, 1.82) is 0 Å². The van der Waals surface area contributed by atoms with E-state index in [-0.39, 0.29) is 23.1 Å². The van der Waals surface area contributed by atoms with Crippen LogP contribution >= 0.6 is 11.3 Å². The van der Waals surface area contributed by atoms with Gasteiger partial charge in [0.05, 0.1) is 28.7 Å². The van der Waals surface area contributed by atoms with Crippen LogP contribution in [0.4, 0.5) is 10.5 Å². The molecule has 0 unspecified atom stereocenters. The fourth-order valence-electron chi connectivity index (χ4n) is 3.19. The molecule has 0 saturated carbocycles. The van der Waals surface area contributed by atoms with Gasteiger partial charge < -0.3 is 15.0 Å². The lowest BCUT2D eigenvalue weighted by Crippen LogP contribution is -2.48. The molecule has 0 radical (unpaired) electrons. The van der Waals surface area contributed by atoms with Crippen LogP contribution in [0.3, 0.4) is 0 Å². The number of morpholine rings is 1. The van der Waals surface area contributed by atoms with E-state index in [1.165, 1.54) is 16.4 Å². The van der Waals surface area contributed by atoms with Crippen molar-refractivity contribution in [2.75, 3.05) is 25.5 Å². The number of aryl methyl sites for hydroxylation is 1. The van der Waals surface area contributed by atoms with Gasteiger partial charge in [0.2, 0.25) is 10.0 Å². The Balaban J connectivity index is 1.64. The number of sulfonamides is 1. The Morgan fingerprint density at radius 1 is 1.28 bits per heavy atom. The number of rotatable bonds is 5. The highest BCUT2D eigenvalue weighted by Gasteiger charge is 2.32.